The van der Waals surface area contributed by atoms with Crippen molar-refractivity contribution >= 4 is 17.7 Å². The number of fused-ring (bicyclic) bond motifs is 1. The van der Waals surface area contributed by atoms with Crippen molar-refractivity contribution in [3.63, 3.8) is 0 Å². The molecule has 1 unspecified atom stereocenters. The predicted octanol–water partition coefficient (Wildman–Crippen LogP) is 4.30. The Bertz CT molecular complexity index is 900. The first-order valence-electron chi connectivity index (χ1n) is 7.72. The molecule has 2 aliphatic heterocycles. The number of ether oxygens (including phenoxy) is 1. The summed E-state index contributed by atoms with van der Waals surface area (Å²) >= 11 is 1.78. The molecule has 1 aliphatic carbocycles. The molecule has 4 nitrogen and oxygen atoms in total. The van der Waals surface area contributed by atoms with Gasteiger partial charge in [0.1, 0.15) is 12.1 Å². The van der Waals surface area contributed by atoms with Crippen molar-refractivity contribution in [1.82, 2.24) is 0 Å². The lowest BCUT2D eigenvalue weighted by atomic mass is 9.62. The Morgan fingerprint density at radius 2 is 1.62 bits per heavy atom. The molecule has 0 amide bonds. The summed E-state index contributed by atoms with van der Waals surface area (Å²) in [4.78, 5) is 13.8. The second-order valence-corrected chi connectivity index (χ2v) is 8.64. The number of allylic oxidation sites excluding steroid dienone is 4. The average molecular weight is 338 g/mol. The van der Waals surface area contributed by atoms with Crippen LogP contribution in [0.15, 0.2) is 44.1 Å². The highest BCUT2D eigenvalue weighted by atomic mass is 32.2. The molecule has 1 atom stereocenters. The SMILES string of the molecule is CC1=C(C)C2=C(C)C3=C(C(=C(C#N)C#N)OC3=O)C(C)(C)C2(C)S1. The van der Waals surface area contributed by atoms with Crippen molar-refractivity contribution in [2.45, 2.75) is 46.3 Å². The van der Waals surface area contributed by atoms with Gasteiger partial charge in [-0.15, -0.1) is 11.8 Å². The Morgan fingerprint density at radius 3 is 2.17 bits per heavy atom. The molecule has 0 bridgehead atoms. The molecule has 3 rings (SSSR count). The minimum atomic E-state index is -0.471. The third-order valence-electron chi connectivity index (χ3n) is 5.63. The van der Waals surface area contributed by atoms with Crippen LogP contribution in [0.2, 0.25) is 0 Å². The summed E-state index contributed by atoms with van der Waals surface area (Å²) in [5.74, 6) is -0.335. The van der Waals surface area contributed by atoms with Gasteiger partial charge in [0.25, 0.3) is 0 Å². The number of hydrogen-bond acceptors (Lipinski definition) is 5. The highest BCUT2D eigenvalue weighted by Crippen LogP contribution is 2.66. The molecule has 0 saturated carbocycles. The molecule has 0 fully saturated rings. The zero-order valence-electron chi connectivity index (χ0n) is 14.6. The Hall–Kier alpha value is -2.24. The van der Waals surface area contributed by atoms with Crippen LogP contribution in [0.3, 0.4) is 0 Å². The van der Waals surface area contributed by atoms with Gasteiger partial charge in [-0.25, -0.2) is 4.79 Å². The van der Waals surface area contributed by atoms with E-state index in [1.165, 1.54) is 16.1 Å². The number of carbonyl (C=O) groups is 1. The van der Waals surface area contributed by atoms with E-state index in [4.69, 9.17) is 4.74 Å². The van der Waals surface area contributed by atoms with Gasteiger partial charge in [0.2, 0.25) is 0 Å². The van der Waals surface area contributed by atoms with Gasteiger partial charge in [0.05, 0.1) is 10.3 Å². The summed E-state index contributed by atoms with van der Waals surface area (Å²) in [6.07, 6.45) is 0. The van der Waals surface area contributed by atoms with Crippen LogP contribution in [0, 0.1) is 28.1 Å². The first kappa shape index (κ1) is 16.6. The number of carbonyl (C=O) groups excluding carboxylic acids is 1. The molecule has 0 aromatic carbocycles. The van der Waals surface area contributed by atoms with Crippen LogP contribution < -0.4 is 0 Å². The van der Waals surface area contributed by atoms with E-state index in [1.807, 2.05) is 19.1 Å². The van der Waals surface area contributed by atoms with Crippen LogP contribution in [0.4, 0.5) is 0 Å². The average Bonchev–Trinajstić information content (AvgIpc) is 2.96. The standard InChI is InChI=1S/C19H18N2O2S/c1-9-11(3)24-19(6)14(9)10(2)13-15(18(19,4)5)16(23-17(13)22)12(7-20)8-21/h1-6H3. The molecule has 0 aromatic heterocycles. The van der Waals surface area contributed by atoms with Crippen molar-refractivity contribution in [3.05, 3.63) is 44.1 Å². The molecule has 0 N–H and O–H groups in total. The summed E-state index contributed by atoms with van der Waals surface area (Å²) in [6, 6.07) is 3.73. The largest absolute Gasteiger partial charge is 0.420 e. The number of esters is 1. The van der Waals surface area contributed by atoms with E-state index in [0.717, 1.165) is 5.57 Å². The lowest BCUT2D eigenvalue weighted by Crippen LogP contribution is -2.44. The van der Waals surface area contributed by atoms with Crippen molar-refractivity contribution in [2.24, 2.45) is 5.41 Å². The number of thioether (sulfide) groups is 1. The molecule has 2 heterocycles. The first-order chi connectivity index (χ1) is 11.1. The van der Waals surface area contributed by atoms with E-state index in [0.29, 0.717) is 11.1 Å². The predicted molar refractivity (Wildman–Crippen MR) is 92.2 cm³/mol. The molecule has 5 heteroatoms. The topological polar surface area (TPSA) is 73.9 Å². The molecular weight excluding hydrogens is 320 g/mol. The summed E-state index contributed by atoms with van der Waals surface area (Å²) in [7, 11) is 0. The lowest BCUT2D eigenvalue weighted by Gasteiger charge is -2.47. The van der Waals surface area contributed by atoms with Crippen LogP contribution >= 0.6 is 11.8 Å². The Labute approximate surface area is 146 Å². The third-order valence-corrected chi connectivity index (χ3v) is 7.37. The van der Waals surface area contributed by atoms with Crippen molar-refractivity contribution in [1.29, 1.82) is 10.5 Å². The highest BCUT2D eigenvalue weighted by molar-refractivity contribution is 8.05. The van der Waals surface area contributed by atoms with Gasteiger partial charge in [0.15, 0.2) is 11.3 Å². The van der Waals surface area contributed by atoms with Crippen molar-refractivity contribution in [3.8, 4) is 12.1 Å². The van der Waals surface area contributed by atoms with Gasteiger partial charge < -0.3 is 4.74 Å². The molecule has 3 aliphatic rings. The van der Waals surface area contributed by atoms with E-state index in [9.17, 15) is 15.3 Å². The molecule has 122 valence electrons. The van der Waals surface area contributed by atoms with E-state index < -0.39 is 11.4 Å². The summed E-state index contributed by atoms with van der Waals surface area (Å²) in [5.41, 5.74) is 3.84. The molecule has 0 aromatic rings. The monoisotopic (exact) mass is 338 g/mol. The molecule has 0 spiro atoms. The van der Waals surface area contributed by atoms with Gasteiger partial charge in [-0.3, -0.25) is 0 Å². The maximum Gasteiger partial charge on any atom is 0.344 e. The van der Waals surface area contributed by atoms with Gasteiger partial charge in [0, 0.05) is 11.0 Å². The quantitative estimate of drug-likeness (QED) is 0.486. The first-order valence-corrected chi connectivity index (χ1v) is 8.53. The van der Waals surface area contributed by atoms with Crippen LogP contribution in [-0.2, 0) is 9.53 Å². The molecular formula is C19H18N2O2S. The van der Waals surface area contributed by atoms with Crippen LogP contribution in [0.1, 0.15) is 41.5 Å². The van der Waals surface area contributed by atoms with Gasteiger partial charge in [-0.05, 0) is 49.3 Å². The zero-order valence-corrected chi connectivity index (χ0v) is 15.4. The van der Waals surface area contributed by atoms with Gasteiger partial charge in [-0.2, -0.15) is 10.5 Å². The zero-order chi connectivity index (χ0) is 18.0. The molecule has 0 saturated heterocycles. The lowest BCUT2D eigenvalue weighted by molar-refractivity contribution is -0.133. The van der Waals surface area contributed by atoms with E-state index >= 15 is 0 Å². The minimum absolute atomic E-state index is 0.132. The van der Waals surface area contributed by atoms with E-state index in [2.05, 4.69) is 34.6 Å². The maximum absolute atomic E-state index is 12.5. The van der Waals surface area contributed by atoms with Crippen molar-refractivity contribution in [2.75, 3.05) is 0 Å². The second-order valence-electron chi connectivity index (χ2n) is 7.01. The Kier molecular flexibility index (Phi) is 3.38. The summed E-state index contributed by atoms with van der Waals surface area (Å²) < 4.78 is 5.11. The van der Waals surface area contributed by atoms with Crippen LogP contribution in [0.5, 0.6) is 0 Å². The van der Waals surface area contributed by atoms with E-state index in [-0.39, 0.29) is 16.1 Å². The summed E-state index contributed by atoms with van der Waals surface area (Å²) in [6.45, 7) is 12.4. The normalized spacial score (nSPS) is 27.7. The van der Waals surface area contributed by atoms with Crippen molar-refractivity contribution < 1.29 is 9.53 Å². The number of nitrogens with zero attached hydrogens (tertiary/aromatic N) is 2. The minimum Gasteiger partial charge on any atom is -0.420 e. The Balaban J connectivity index is 2.44. The fourth-order valence-corrected chi connectivity index (χ4v) is 5.69. The number of cyclic esters (lactones) is 1. The molecule has 0 radical (unpaired) electrons. The summed E-state index contributed by atoms with van der Waals surface area (Å²) in [5, 5.41) is 18.5. The van der Waals surface area contributed by atoms with Gasteiger partial charge >= 0.3 is 5.97 Å². The van der Waals surface area contributed by atoms with Crippen LogP contribution in [0.25, 0.3) is 0 Å². The third kappa shape index (κ3) is 1.71. The molecule has 24 heavy (non-hydrogen) atoms. The smallest absolute Gasteiger partial charge is 0.344 e. The second kappa shape index (κ2) is 4.88. The fourth-order valence-electron chi connectivity index (χ4n) is 4.06. The van der Waals surface area contributed by atoms with Crippen LogP contribution in [-0.4, -0.2) is 10.7 Å². The highest BCUT2D eigenvalue weighted by Gasteiger charge is 2.59. The number of nitriles is 2. The van der Waals surface area contributed by atoms with Gasteiger partial charge in [-0.1, -0.05) is 13.8 Å². The number of hydrogen-bond donors (Lipinski definition) is 0. The maximum atomic E-state index is 12.5. The Morgan fingerprint density at radius 1 is 1.04 bits per heavy atom. The fraction of sp³-hybridized carbons (Fsp3) is 0.421. The number of rotatable bonds is 0. The van der Waals surface area contributed by atoms with E-state index in [1.54, 1.807) is 11.8 Å².